The van der Waals surface area contributed by atoms with Crippen molar-refractivity contribution in [2.24, 2.45) is 0 Å². The zero-order chi connectivity index (χ0) is 13.2. The smallest absolute Gasteiger partial charge is 0.111 e. The van der Waals surface area contributed by atoms with Crippen molar-refractivity contribution in [2.45, 2.75) is 25.3 Å². The summed E-state index contributed by atoms with van der Waals surface area (Å²) in [5, 5.41) is 0. The Balaban J connectivity index is 2.09. The lowest BCUT2D eigenvalue weighted by atomic mass is 10.1. The van der Waals surface area contributed by atoms with Gasteiger partial charge in [0.05, 0.1) is 11.0 Å². The van der Waals surface area contributed by atoms with Crippen LogP contribution in [-0.4, -0.2) is 26.9 Å². The normalized spacial score (nSPS) is 20.0. The summed E-state index contributed by atoms with van der Waals surface area (Å²) in [6.07, 6.45) is 3.39. The van der Waals surface area contributed by atoms with E-state index in [0.29, 0.717) is 11.9 Å². The Hall–Kier alpha value is -0.190. The third kappa shape index (κ3) is 2.81. The molecule has 2 heterocycles. The van der Waals surface area contributed by atoms with Crippen molar-refractivity contribution in [3.63, 3.8) is 0 Å². The number of alkyl halides is 1. The molecule has 2 nitrogen and oxygen atoms in total. The minimum atomic E-state index is 0.572. The van der Waals surface area contributed by atoms with Crippen molar-refractivity contribution in [3.05, 3.63) is 28.5 Å². The van der Waals surface area contributed by atoms with E-state index in [-0.39, 0.29) is 0 Å². The Morgan fingerprint density at radius 1 is 1.47 bits per heavy atom. The highest BCUT2D eigenvalue weighted by atomic mass is 79.9. The number of rotatable bonds is 3. The first-order valence-electron chi connectivity index (χ1n) is 6.59. The number of aromatic nitrogens is 2. The van der Waals surface area contributed by atoms with E-state index in [9.17, 15) is 0 Å². The largest absolute Gasteiger partial charge is 0.324 e. The van der Waals surface area contributed by atoms with Crippen molar-refractivity contribution >= 4 is 50.3 Å². The fourth-order valence-corrected chi connectivity index (χ4v) is 4.36. The van der Waals surface area contributed by atoms with Crippen LogP contribution in [0.4, 0.5) is 0 Å². The highest BCUT2D eigenvalue weighted by Crippen LogP contribution is 2.32. The summed E-state index contributed by atoms with van der Waals surface area (Å²) in [6.45, 7) is 0. The summed E-state index contributed by atoms with van der Waals surface area (Å²) in [4.78, 5) is 4.78. The van der Waals surface area contributed by atoms with Gasteiger partial charge < -0.3 is 4.57 Å². The third-order valence-electron chi connectivity index (χ3n) is 3.54. The molecule has 1 saturated heterocycles. The van der Waals surface area contributed by atoms with Crippen LogP contribution in [0, 0.1) is 0 Å². The summed E-state index contributed by atoms with van der Waals surface area (Å²) in [5.74, 6) is 4.25. The average Bonchev–Trinajstić information content (AvgIpc) is 2.77. The van der Waals surface area contributed by atoms with Crippen LogP contribution in [-0.2, 0) is 6.42 Å². The van der Waals surface area contributed by atoms with Crippen LogP contribution in [0.25, 0.3) is 11.0 Å². The van der Waals surface area contributed by atoms with Gasteiger partial charge in [-0.1, -0.05) is 15.9 Å². The number of aryl methyl sites for hydroxylation is 1. The van der Waals surface area contributed by atoms with Crippen molar-refractivity contribution in [2.75, 3.05) is 17.4 Å². The van der Waals surface area contributed by atoms with Crippen LogP contribution < -0.4 is 0 Å². The Kier molecular flexibility index (Phi) is 4.40. The lowest BCUT2D eigenvalue weighted by molar-refractivity contribution is 0.495. The first-order chi connectivity index (χ1) is 9.29. The average molecular weight is 360 g/mol. The molecule has 102 valence electrons. The molecule has 1 aliphatic heterocycles. The zero-order valence-corrected chi connectivity index (χ0v) is 13.8. The fourth-order valence-electron chi connectivity index (χ4n) is 2.72. The van der Waals surface area contributed by atoms with Gasteiger partial charge in [-0.2, -0.15) is 11.8 Å². The summed E-state index contributed by atoms with van der Waals surface area (Å²) < 4.78 is 3.51. The van der Waals surface area contributed by atoms with Crippen LogP contribution in [0.3, 0.4) is 0 Å². The lowest BCUT2D eigenvalue weighted by Gasteiger charge is -2.25. The first kappa shape index (κ1) is 13.8. The van der Waals surface area contributed by atoms with Crippen LogP contribution in [0.5, 0.6) is 0 Å². The van der Waals surface area contributed by atoms with Crippen molar-refractivity contribution in [1.82, 2.24) is 9.55 Å². The minimum Gasteiger partial charge on any atom is -0.324 e. The predicted octanol–water partition coefficient (Wildman–Crippen LogP) is 4.65. The first-order valence-corrected chi connectivity index (χ1v) is 9.08. The molecule has 3 rings (SSSR count). The molecule has 0 spiro atoms. The predicted molar refractivity (Wildman–Crippen MR) is 87.5 cm³/mol. The molecule has 0 amide bonds. The van der Waals surface area contributed by atoms with Gasteiger partial charge in [0.1, 0.15) is 5.82 Å². The molecule has 1 aromatic heterocycles. The van der Waals surface area contributed by atoms with Crippen molar-refractivity contribution in [3.8, 4) is 0 Å². The van der Waals surface area contributed by atoms with E-state index in [4.69, 9.17) is 16.6 Å². The van der Waals surface area contributed by atoms with Gasteiger partial charge >= 0.3 is 0 Å². The summed E-state index contributed by atoms with van der Waals surface area (Å²) in [6, 6.07) is 6.94. The topological polar surface area (TPSA) is 17.8 Å². The number of thioether (sulfide) groups is 1. The Morgan fingerprint density at radius 2 is 2.37 bits per heavy atom. The molecule has 1 aromatic carbocycles. The van der Waals surface area contributed by atoms with Crippen LogP contribution in [0.1, 0.15) is 24.7 Å². The second kappa shape index (κ2) is 6.06. The lowest BCUT2D eigenvalue weighted by Crippen LogP contribution is -2.18. The van der Waals surface area contributed by atoms with Gasteiger partial charge in [0.25, 0.3) is 0 Å². The number of hydrogen-bond acceptors (Lipinski definition) is 2. The van der Waals surface area contributed by atoms with Gasteiger partial charge in [-0.15, -0.1) is 11.6 Å². The number of hydrogen-bond donors (Lipinski definition) is 0. The highest BCUT2D eigenvalue weighted by molar-refractivity contribution is 9.10. The summed E-state index contributed by atoms with van der Waals surface area (Å²) in [5.41, 5.74) is 2.32. The number of nitrogens with zero attached hydrogens (tertiary/aromatic N) is 2. The van der Waals surface area contributed by atoms with Crippen molar-refractivity contribution < 1.29 is 0 Å². The number of halogens is 2. The maximum Gasteiger partial charge on any atom is 0.111 e. The monoisotopic (exact) mass is 358 g/mol. The van der Waals surface area contributed by atoms with E-state index >= 15 is 0 Å². The van der Waals surface area contributed by atoms with Gasteiger partial charge in [-0.25, -0.2) is 4.98 Å². The minimum absolute atomic E-state index is 0.572. The van der Waals surface area contributed by atoms with Crippen LogP contribution in [0.2, 0.25) is 0 Å². The van der Waals surface area contributed by atoms with E-state index in [0.717, 1.165) is 22.2 Å². The maximum absolute atomic E-state index is 5.94. The molecule has 0 radical (unpaired) electrons. The van der Waals surface area contributed by atoms with Gasteiger partial charge in [-0.05, 0) is 36.8 Å². The van der Waals surface area contributed by atoms with Crippen molar-refractivity contribution in [1.29, 1.82) is 0 Å². The maximum atomic E-state index is 5.94. The molecule has 5 heteroatoms. The molecule has 2 aromatic rings. The van der Waals surface area contributed by atoms with E-state index in [1.807, 2.05) is 11.8 Å². The molecule has 0 bridgehead atoms. The van der Waals surface area contributed by atoms with Gasteiger partial charge in [0.15, 0.2) is 0 Å². The Labute approximate surface area is 131 Å². The Bertz CT molecular complexity index is 578. The van der Waals surface area contributed by atoms with E-state index in [1.54, 1.807) is 0 Å². The fraction of sp³-hybridized carbons (Fsp3) is 0.500. The molecule has 0 aliphatic carbocycles. The Morgan fingerprint density at radius 3 is 3.11 bits per heavy atom. The molecule has 1 atom stereocenters. The van der Waals surface area contributed by atoms with Gasteiger partial charge in [-0.3, -0.25) is 0 Å². The second-order valence-corrected chi connectivity index (χ2v) is 7.28. The molecular formula is C14H16BrClN2S. The quantitative estimate of drug-likeness (QED) is 0.742. The number of imidazole rings is 1. The highest BCUT2D eigenvalue weighted by Gasteiger charge is 2.21. The second-order valence-electron chi connectivity index (χ2n) is 4.84. The van der Waals surface area contributed by atoms with Crippen LogP contribution >= 0.6 is 39.3 Å². The van der Waals surface area contributed by atoms with Gasteiger partial charge in [0, 0.05) is 28.6 Å². The third-order valence-corrected chi connectivity index (χ3v) is 5.42. The SMILES string of the molecule is ClCCc1nc2cc(Br)ccc2n1C1CCCSC1. The zero-order valence-electron chi connectivity index (χ0n) is 10.6. The number of benzene rings is 1. The number of fused-ring (bicyclic) bond motifs is 1. The van der Waals surface area contributed by atoms with Crippen LogP contribution in [0.15, 0.2) is 22.7 Å². The molecule has 0 N–H and O–H groups in total. The summed E-state index contributed by atoms with van der Waals surface area (Å²) >= 11 is 11.5. The standard InChI is InChI=1S/C14H16BrClN2S/c15-10-3-4-13-12(8-10)17-14(5-6-16)18(13)11-2-1-7-19-9-11/h3-4,8,11H,1-2,5-7,9H2. The van der Waals surface area contributed by atoms with E-state index in [1.165, 1.54) is 29.9 Å². The summed E-state index contributed by atoms with van der Waals surface area (Å²) in [7, 11) is 0. The van der Waals surface area contributed by atoms with E-state index in [2.05, 4.69) is 38.7 Å². The van der Waals surface area contributed by atoms with Gasteiger partial charge in [0.2, 0.25) is 0 Å². The molecule has 0 saturated carbocycles. The molecule has 19 heavy (non-hydrogen) atoms. The molecular weight excluding hydrogens is 344 g/mol. The van der Waals surface area contributed by atoms with E-state index < -0.39 is 0 Å². The molecule has 1 fully saturated rings. The molecule has 1 aliphatic rings. The molecule has 1 unspecified atom stereocenters.